The molecular formula is C11H15FN2O. The zero-order chi connectivity index (χ0) is 11.0. The average Bonchev–Trinajstić information content (AvgIpc) is 2.58. The lowest BCUT2D eigenvalue weighted by Gasteiger charge is -2.19. The number of aromatic nitrogens is 1. The molecule has 1 atom stereocenters. The van der Waals surface area contributed by atoms with Crippen molar-refractivity contribution in [2.75, 3.05) is 13.6 Å². The van der Waals surface area contributed by atoms with Gasteiger partial charge in [0.25, 0.3) is 5.56 Å². The van der Waals surface area contributed by atoms with Crippen molar-refractivity contribution < 1.29 is 4.39 Å². The van der Waals surface area contributed by atoms with Gasteiger partial charge in [-0.15, -0.1) is 0 Å². The molecule has 0 bridgehead atoms. The molecule has 0 amide bonds. The summed E-state index contributed by atoms with van der Waals surface area (Å²) in [6, 6.07) is 1.45. The Balaban J connectivity index is 2.47. The Morgan fingerprint density at radius 3 is 2.80 bits per heavy atom. The maximum Gasteiger partial charge on any atom is 0.255 e. The Labute approximate surface area is 88.1 Å². The van der Waals surface area contributed by atoms with Crippen LogP contribution in [-0.2, 0) is 7.05 Å². The molecule has 2 heterocycles. The Morgan fingerprint density at radius 2 is 2.20 bits per heavy atom. The van der Waals surface area contributed by atoms with Gasteiger partial charge in [0.1, 0.15) is 5.82 Å². The highest BCUT2D eigenvalue weighted by molar-refractivity contribution is 5.17. The highest BCUT2D eigenvalue weighted by Gasteiger charge is 2.25. The third-order valence-electron chi connectivity index (χ3n) is 3.06. The molecule has 1 aliphatic heterocycles. The highest BCUT2D eigenvalue weighted by Crippen LogP contribution is 2.28. The van der Waals surface area contributed by atoms with Crippen LogP contribution in [0.5, 0.6) is 0 Å². The first-order chi connectivity index (χ1) is 7.09. The van der Waals surface area contributed by atoms with Crippen LogP contribution >= 0.6 is 0 Å². The van der Waals surface area contributed by atoms with E-state index in [9.17, 15) is 9.18 Å². The molecule has 15 heavy (non-hydrogen) atoms. The summed E-state index contributed by atoms with van der Waals surface area (Å²) < 4.78 is 14.5. The van der Waals surface area contributed by atoms with Crippen LogP contribution in [0.3, 0.4) is 0 Å². The second-order valence-electron chi connectivity index (χ2n) is 4.17. The number of rotatable bonds is 1. The number of likely N-dealkylation sites (tertiary alicyclic amines) is 1. The summed E-state index contributed by atoms with van der Waals surface area (Å²) in [4.78, 5) is 13.9. The van der Waals surface area contributed by atoms with Gasteiger partial charge in [0.15, 0.2) is 0 Å². The molecule has 0 unspecified atom stereocenters. The summed E-state index contributed by atoms with van der Waals surface area (Å²) in [5.41, 5.74) is 0.493. The molecule has 0 radical (unpaired) electrons. The normalized spacial score (nSPS) is 22.2. The van der Waals surface area contributed by atoms with Crippen molar-refractivity contribution in [3.63, 3.8) is 0 Å². The van der Waals surface area contributed by atoms with E-state index in [0.717, 1.165) is 19.4 Å². The maximum absolute atomic E-state index is 13.2. The summed E-state index contributed by atoms with van der Waals surface area (Å²) in [6.07, 6.45) is 3.23. The van der Waals surface area contributed by atoms with Gasteiger partial charge in [-0.1, -0.05) is 0 Å². The molecule has 0 saturated carbocycles. The second kappa shape index (κ2) is 3.77. The fourth-order valence-corrected chi connectivity index (χ4v) is 2.24. The summed E-state index contributed by atoms with van der Waals surface area (Å²) in [6.45, 7) is 0.977. The second-order valence-corrected chi connectivity index (χ2v) is 4.17. The Morgan fingerprint density at radius 1 is 1.47 bits per heavy atom. The molecule has 1 fully saturated rings. The number of hydrogen-bond acceptors (Lipinski definition) is 2. The maximum atomic E-state index is 13.2. The van der Waals surface area contributed by atoms with Gasteiger partial charge in [0.05, 0.1) is 0 Å². The number of pyridine rings is 1. The third kappa shape index (κ3) is 1.81. The van der Waals surface area contributed by atoms with E-state index in [2.05, 4.69) is 4.90 Å². The van der Waals surface area contributed by atoms with E-state index >= 15 is 0 Å². The van der Waals surface area contributed by atoms with E-state index in [4.69, 9.17) is 0 Å². The van der Waals surface area contributed by atoms with E-state index in [-0.39, 0.29) is 17.4 Å². The zero-order valence-electron chi connectivity index (χ0n) is 9.03. The lowest BCUT2D eigenvalue weighted by Crippen LogP contribution is -2.28. The number of nitrogens with zero attached hydrogens (tertiary/aromatic N) is 2. The molecule has 1 saturated heterocycles. The lowest BCUT2D eigenvalue weighted by atomic mass is 10.1. The van der Waals surface area contributed by atoms with Crippen LogP contribution in [0.1, 0.15) is 24.4 Å². The van der Waals surface area contributed by atoms with Crippen molar-refractivity contribution in [3.05, 3.63) is 34.0 Å². The molecule has 0 aromatic carbocycles. The molecule has 1 aromatic rings. The van der Waals surface area contributed by atoms with Crippen LogP contribution in [0.25, 0.3) is 0 Å². The van der Waals surface area contributed by atoms with Crippen LogP contribution in [0.2, 0.25) is 0 Å². The van der Waals surface area contributed by atoms with Gasteiger partial charge in [-0.3, -0.25) is 9.69 Å². The van der Waals surface area contributed by atoms with Gasteiger partial charge >= 0.3 is 0 Å². The molecule has 1 aromatic heterocycles. The molecule has 0 N–H and O–H groups in total. The Bertz CT molecular complexity index is 427. The van der Waals surface area contributed by atoms with Crippen molar-refractivity contribution >= 4 is 0 Å². The average molecular weight is 210 g/mol. The van der Waals surface area contributed by atoms with Crippen molar-refractivity contribution in [1.29, 1.82) is 0 Å². The Kier molecular flexibility index (Phi) is 2.61. The molecular weight excluding hydrogens is 195 g/mol. The molecule has 82 valence electrons. The monoisotopic (exact) mass is 210 g/mol. The topological polar surface area (TPSA) is 25.2 Å². The van der Waals surface area contributed by atoms with Gasteiger partial charge in [0, 0.05) is 24.8 Å². The summed E-state index contributed by atoms with van der Waals surface area (Å²) in [5.74, 6) is -0.340. The fourth-order valence-electron chi connectivity index (χ4n) is 2.24. The van der Waals surface area contributed by atoms with Gasteiger partial charge in [-0.25, -0.2) is 4.39 Å². The molecule has 4 heteroatoms. The number of hydrogen-bond donors (Lipinski definition) is 0. The van der Waals surface area contributed by atoms with Crippen LogP contribution < -0.4 is 5.56 Å². The quantitative estimate of drug-likeness (QED) is 0.698. The molecule has 3 nitrogen and oxygen atoms in total. The SMILES string of the molecule is CN1CCC[C@H]1c1cc(F)cn(C)c1=O. The van der Waals surface area contributed by atoms with E-state index in [1.165, 1.54) is 16.8 Å². The zero-order valence-corrected chi connectivity index (χ0v) is 9.03. The van der Waals surface area contributed by atoms with Crippen LogP contribution in [0, 0.1) is 5.82 Å². The van der Waals surface area contributed by atoms with Gasteiger partial charge in [0.2, 0.25) is 0 Å². The molecule has 1 aliphatic rings. The first-order valence-electron chi connectivity index (χ1n) is 5.16. The van der Waals surface area contributed by atoms with Crippen molar-refractivity contribution in [1.82, 2.24) is 9.47 Å². The largest absolute Gasteiger partial charge is 0.315 e. The first kappa shape index (κ1) is 10.4. The van der Waals surface area contributed by atoms with Crippen LogP contribution in [-0.4, -0.2) is 23.1 Å². The standard InChI is InChI=1S/C11H15FN2O/c1-13-5-3-4-10(13)9-6-8(12)7-14(2)11(9)15/h6-7,10H,3-5H2,1-2H3/t10-/m0/s1. The molecule has 0 spiro atoms. The van der Waals surface area contributed by atoms with Gasteiger partial charge in [-0.2, -0.15) is 0 Å². The van der Waals surface area contributed by atoms with E-state index < -0.39 is 0 Å². The minimum atomic E-state index is -0.340. The van der Waals surface area contributed by atoms with E-state index in [1.54, 1.807) is 7.05 Å². The molecule has 2 rings (SSSR count). The predicted molar refractivity (Wildman–Crippen MR) is 56.2 cm³/mol. The van der Waals surface area contributed by atoms with Crippen molar-refractivity contribution in [3.8, 4) is 0 Å². The summed E-state index contributed by atoms with van der Waals surface area (Å²) >= 11 is 0. The smallest absolute Gasteiger partial charge is 0.255 e. The molecule has 0 aliphatic carbocycles. The fraction of sp³-hybridized carbons (Fsp3) is 0.545. The third-order valence-corrected chi connectivity index (χ3v) is 3.06. The van der Waals surface area contributed by atoms with Crippen molar-refractivity contribution in [2.24, 2.45) is 7.05 Å². The number of halogens is 1. The Hall–Kier alpha value is -1.16. The summed E-state index contributed by atoms with van der Waals surface area (Å²) in [5, 5.41) is 0. The van der Waals surface area contributed by atoms with Crippen LogP contribution in [0.4, 0.5) is 4.39 Å². The minimum absolute atomic E-state index is 0.0828. The predicted octanol–water partition coefficient (Wildman–Crippen LogP) is 1.29. The lowest BCUT2D eigenvalue weighted by molar-refractivity contribution is 0.313. The van der Waals surface area contributed by atoms with Gasteiger partial charge < -0.3 is 4.57 Å². The highest BCUT2D eigenvalue weighted by atomic mass is 19.1. The van der Waals surface area contributed by atoms with Crippen molar-refractivity contribution in [2.45, 2.75) is 18.9 Å². The number of aryl methyl sites for hydroxylation is 1. The minimum Gasteiger partial charge on any atom is -0.315 e. The van der Waals surface area contributed by atoms with E-state index in [0.29, 0.717) is 5.56 Å². The van der Waals surface area contributed by atoms with Crippen LogP contribution in [0.15, 0.2) is 17.1 Å². The first-order valence-corrected chi connectivity index (χ1v) is 5.16. The summed E-state index contributed by atoms with van der Waals surface area (Å²) in [7, 11) is 3.56. The van der Waals surface area contributed by atoms with E-state index in [1.807, 2.05) is 7.05 Å². The van der Waals surface area contributed by atoms with Gasteiger partial charge in [-0.05, 0) is 32.5 Å².